The number of rotatable bonds is 8. The maximum absolute atomic E-state index is 11.9. The van der Waals surface area contributed by atoms with Gasteiger partial charge in [0.25, 0.3) is 0 Å². The van der Waals surface area contributed by atoms with Crippen molar-refractivity contribution in [2.75, 3.05) is 53.6 Å². The van der Waals surface area contributed by atoms with Gasteiger partial charge in [0.15, 0.2) is 0 Å². The molecule has 1 amide bonds. The van der Waals surface area contributed by atoms with Gasteiger partial charge in [0.1, 0.15) is 11.5 Å². The Morgan fingerprint density at radius 3 is 2.79 bits per heavy atom. The zero-order valence-corrected chi connectivity index (χ0v) is 14.4. The molecule has 1 heterocycles. The standard InChI is InChI=1S/C18H26N2O4/c1-22-16-5-6-17(23-2)15(14-16)4-7-18(21)19-8-3-9-20-10-12-24-13-11-20/h4-7,14H,3,8-13H2,1-2H3,(H,19,21)/b7-4+. The minimum absolute atomic E-state index is 0.109. The molecule has 1 aliphatic heterocycles. The molecule has 0 bridgehead atoms. The van der Waals surface area contributed by atoms with Crippen molar-refractivity contribution in [3.63, 3.8) is 0 Å². The van der Waals surface area contributed by atoms with E-state index in [4.69, 9.17) is 14.2 Å². The van der Waals surface area contributed by atoms with Crippen LogP contribution in [0.25, 0.3) is 6.08 Å². The van der Waals surface area contributed by atoms with Crippen LogP contribution < -0.4 is 14.8 Å². The fraction of sp³-hybridized carbons (Fsp3) is 0.500. The lowest BCUT2D eigenvalue weighted by Crippen LogP contribution is -2.38. The maximum Gasteiger partial charge on any atom is 0.244 e. The zero-order valence-electron chi connectivity index (χ0n) is 14.4. The Morgan fingerprint density at radius 2 is 2.08 bits per heavy atom. The molecule has 1 aromatic rings. The lowest BCUT2D eigenvalue weighted by molar-refractivity contribution is -0.116. The van der Waals surface area contributed by atoms with Crippen LogP contribution in [0.1, 0.15) is 12.0 Å². The maximum atomic E-state index is 11.9. The van der Waals surface area contributed by atoms with Crippen LogP contribution in [0.5, 0.6) is 11.5 Å². The molecular formula is C18H26N2O4. The van der Waals surface area contributed by atoms with Crippen LogP contribution >= 0.6 is 0 Å². The van der Waals surface area contributed by atoms with E-state index in [1.807, 2.05) is 18.2 Å². The number of nitrogens with zero attached hydrogens (tertiary/aromatic N) is 1. The minimum Gasteiger partial charge on any atom is -0.497 e. The van der Waals surface area contributed by atoms with Crippen LogP contribution in [0, 0.1) is 0 Å². The Bertz CT molecular complexity index is 554. The second kappa shape index (κ2) is 9.95. The normalized spacial score (nSPS) is 15.4. The van der Waals surface area contributed by atoms with Crippen LogP contribution in [0.15, 0.2) is 24.3 Å². The highest BCUT2D eigenvalue weighted by molar-refractivity contribution is 5.92. The van der Waals surface area contributed by atoms with Gasteiger partial charge in [-0.1, -0.05) is 0 Å². The molecule has 0 unspecified atom stereocenters. The molecule has 1 aliphatic rings. The van der Waals surface area contributed by atoms with E-state index in [1.54, 1.807) is 20.3 Å². The van der Waals surface area contributed by atoms with Gasteiger partial charge in [-0.3, -0.25) is 9.69 Å². The summed E-state index contributed by atoms with van der Waals surface area (Å²) < 4.78 is 15.8. The van der Waals surface area contributed by atoms with Crippen molar-refractivity contribution in [3.8, 4) is 11.5 Å². The number of hydrogen-bond acceptors (Lipinski definition) is 5. The number of carbonyl (C=O) groups excluding carboxylic acids is 1. The molecular weight excluding hydrogens is 308 g/mol. The Hall–Kier alpha value is -2.05. The Balaban J connectivity index is 1.76. The van der Waals surface area contributed by atoms with E-state index < -0.39 is 0 Å². The molecule has 0 radical (unpaired) electrons. The largest absolute Gasteiger partial charge is 0.497 e. The number of amides is 1. The molecule has 24 heavy (non-hydrogen) atoms. The number of nitrogens with one attached hydrogen (secondary N) is 1. The second-order valence-corrected chi connectivity index (χ2v) is 5.54. The van der Waals surface area contributed by atoms with Crippen molar-refractivity contribution in [1.82, 2.24) is 10.2 Å². The number of benzene rings is 1. The predicted molar refractivity (Wildman–Crippen MR) is 93.5 cm³/mol. The van der Waals surface area contributed by atoms with Crippen molar-refractivity contribution in [1.29, 1.82) is 0 Å². The number of methoxy groups -OCH3 is 2. The van der Waals surface area contributed by atoms with E-state index in [-0.39, 0.29) is 5.91 Å². The van der Waals surface area contributed by atoms with E-state index in [0.717, 1.165) is 50.6 Å². The second-order valence-electron chi connectivity index (χ2n) is 5.54. The van der Waals surface area contributed by atoms with Crippen molar-refractivity contribution in [2.24, 2.45) is 0 Å². The topological polar surface area (TPSA) is 60.0 Å². The number of ether oxygens (including phenoxy) is 3. The van der Waals surface area contributed by atoms with Gasteiger partial charge in [-0.2, -0.15) is 0 Å². The monoisotopic (exact) mass is 334 g/mol. The highest BCUT2D eigenvalue weighted by Gasteiger charge is 2.09. The van der Waals surface area contributed by atoms with Crippen molar-refractivity contribution in [3.05, 3.63) is 29.8 Å². The average Bonchev–Trinajstić information content (AvgIpc) is 2.64. The van der Waals surface area contributed by atoms with Crippen molar-refractivity contribution < 1.29 is 19.0 Å². The fourth-order valence-electron chi connectivity index (χ4n) is 2.53. The highest BCUT2D eigenvalue weighted by atomic mass is 16.5. The molecule has 0 aliphatic carbocycles. The molecule has 1 fully saturated rings. The fourth-order valence-corrected chi connectivity index (χ4v) is 2.53. The van der Waals surface area contributed by atoms with Crippen molar-refractivity contribution >= 4 is 12.0 Å². The lowest BCUT2D eigenvalue weighted by Gasteiger charge is -2.26. The summed E-state index contributed by atoms with van der Waals surface area (Å²) in [7, 11) is 3.21. The smallest absolute Gasteiger partial charge is 0.244 e. The Labute approximate surface area is 143 Å². The first-order chi connectivity index (χ1) is 11.7. The Kier molecular flexibility index (Phi) is 7.58. The summed E-state index contributed by atoms with van der Waals surface area (Å²) in [4.78, 5) is 14.3. The van der Waals surface area contributed by atoms with Crippen LogP contribution in [0.3, 0.4) is 0 Å². The SMILES string of the molecule is COc1ccc(OC)c(/C=C/C(=O)NCCCN2CCOCC2)c1. The first-order valence-corrected chi connectivity index (χ1v) is 8.21. The van der Waals surface area contributed by atoms with Crippen LogP contribution in [0.4, 0.5) is 0 Å². The van der Waals surface area contributed by atoms with Gasteiger partial charge in [-0.25, -0.2) is 0 Å². The molecule has 6 heteroatoms. The van der Waals surface area contributed by atoms with Crippen LogP contribution in [-0.2, 0) is 9.53 Å². The van der Waals surface area contributed by atoms with Crippen molar-refractivity contribution in [2.45, 2.75) is 6.42 Å². The highest BCUT2D eigenvalue weighted by Crippen LogP contribution is 2.24. The predicted octanol–water partition coefficient (Wildman–Crippen LogP) is 1.56. The third kappa shape index (κ3) is 5.86. The third-order valence-electron chi connectivity index (χ3n) is 3.91. The average molecular weight is 334 g/mol. The van der Waals surface area contributed by atoms with Gasteiger partial charge in [0.2, 0.25) is 5.91 Å². The molecule has 0 saturated carbocycles. The van der Waals surface area contributed by atoms with Crippen LogP contribution in [0.2, 0.25) is 0 Å². The number of carbonyl (C=O) groups is 1. The number of hydrogen-bond donors (Lipinski definition) is 1. The lowest BCUT2D eigenvalue weighted by atomic mass is 10.1. The summed E-state index contributed by atoms with van der Waals surface area (Å²) >= 11 is 0. The first kappa shape index (κ1) is 18.3. The van der Waals surface area contributed by atoms with E-state index in [2.05, 4.69) is 10.2 Å². The summed E-state index contributed by atoms with van der Waals surface area (Å²) in [6.07, 6.45) is 4.19. The molecule has 1 aromatic carbocycles. The van der Waals surface area contributed by atoms with E-state index >= 15 is 0 Å². The summed E-state index contributed by atoms with van der Waals surface area (Å²) in [5.41, 5.74) is 0.806. The molecule has 1 saturated heterocycles. The van der Waals surface area contributed by atoms with E-state index in [9.17, 15) is 4.79 Å². The summed E-state index contributed by atoms with van der Waals surface area (Å²) in [5.74, 6) is 1.32. The molecule has 6 nitrogen and oxygen atoms in total. The zero-order chi connectivity index (χ0) is 17.2. The Morgan fingerprint density at radius 1 is 1.29 bits per heavy atom. The van der Waals surface area contributed by atoms with Gasteiger partial charge in [-0.05, 0) is 37.2 Å². The quantitative estimate of drug-likeness (QED) is 0.577. The van der Waals surface area contributed by atoms with Crippen LogP contribution in [-0.4, -0.2) is 64.4 Å². The molecule has 1 N–H and O–H groups in total. The minimum atomic E-state index is -0.109. The molecule has 0 spiro atoms. The molecule has 132 valence electrons. The van der Waals surface area contributed by atoms with Gasteiger partial charge >= 0.3 is 0 Å². The van der Waals surface area contributed by atoms with E-state index in [0.29, 0.717) is 12.3 Å². The first-order valence-electron chi connectivity index (χ1n) is 8.21. The van der Waals surface area contributed by atoms with Gasteiger partial charge in [0, 0.05) is 31.3 Å². The van der Waals surface area contributed by atoms with E-state index in [1.165, 1.54) is 6.08 Å². The summed E-state index contributed by atoms with van der Waals surface area (Å²) in [6, 6.07) is 5.47. The van der Waals surface area contributed by atoms with Gasteiger partial charge < -0.3 is 19.5 Å². The summed E-state index contributed by atoms with van der Waals surface area (Å²) in [6.45, 7) is 5.20. The van der Waals surface area contributed by atoms with Gasteiger partial charge in [-0.15, -0.1) is 0 Å². The number of morpholine rings is 1. The molecule has 0 aromatic heterocycles. The summed E-state index contributed by atoms with van der Waals surface area (Å²) in [5, 5.41) is 2.90. The molecule has 2 rings (SSSR count). The molecule has 0 atom stereocenters. The van der Waals surface area contributed by atoms with Gasteiger partial charge in [0.05, 0.1) is 27.4 Å². The third-order valence-corrected chi connectivity index (χ3v) is 3.91.